The lowest BCUT2D eigenvalue weighted by molar-refractivity contribution is -0.385. The Kier molecular flexibility index (Phi) is 4.95. The fraction of sp³-hybridized carbons (Fsp3) is 0.273. The molecule has 1 rings (SSSR count). The van der Waals surface area contributed by atoms with Crippen molar-refractivity contribution < 1.29 is 24.7 Å². The Morgan fingerprint density at radius 3 is 2.47 bits per heavy atom. The van der Waals surface area contributed by atoms with Crippen molar-refractivity contribution in [3.05, 3.63) is 39.9 Å². The topological polar surface area (TPSA) is 130 Å². The Hall–Kier alpha value is -2.48. The zero-order valence-electron chi connectivity index (χ0n) is 9.78. The van der Waals surface area contributed by atoms with Crippen LogP contribution in [0, 0.1) is 10.1 Å². The highest BCUT2D eigenvalue weighted by molar-refractivity contribution is 5.77. The summed E-state index contributed by atoms with van der Waals surface area (Å²) in [4.78, 5) is 31.6. The van der Waals surface area contributed by atoms with Gasteiger partial charge in [-0.25, -0.2) is 0 Å². The van der Waals surface area contributed by atoms with Crippen molar-refractivity contribution in [2.45, 2.75) is 12.5 Å². The van der Waals surface area contributed by atoms with E-state index >= 15 is 0 Å². The molecule has 102 valence electrons. The molecule has 1 aromatic carbocycles. The first-order valence-electron chi connectivity index (χ1n) is 5.34. The summed E-state index contributed by atoms with van der Waals surface area (Å²) in [6.07, 6.45) is -0.273. The molecule has 1 aromatic rings. The predicted molar refractivity (Wildman–Crippen MR) is 63.7 cm³/mol. The molecule has 8 nitrogen and oxygen atoms in total. The van der Waals surface area contributed by atoms with Gasteiger partial charge in [0.15, 0.2) is 0 Å². The second-order valence-corrected chi connectivity index (χ2v) is 3.69. The largest absolute Gasteiger partial charge is 0.481 e. The fourth-order valence-corrected chi connectivity index (χ4v) is 1.55. The third-order valence-electron chi connectivity index (χ3n) is 2.38. The number of nitrogens with zero attached hydrogens (tertiary/aromatic N) is 1. The first kappa shape index (κ1) is 14.6. The molecule has 0 heterocycles. The monoisotopic (exact) mass is 268 g/mol. The summed E-state index contributed by atoms with van der Waals surface area (Å²) in [5.41, 5.74) is -0.330. The van der Waals surface area contributed by atoms with Crippen LogP contribution in [-0.4, -0.2) is 33.6 Å². The molecule has 0 amide bonds. The molecule has 3 N–H and O–H groups in total. The third-order valence-corrected chi connectivity index (χ3v) is 2.38. The third kappa shape index (κ3) is 4.03. The van der Waals surface area contributed by atoms with Gasteiger partial charge in [-0.2, -0.15) is 0 Å². The molecule has 0 aliphatic carbocycles. The average molecular weight is 268 g/mol. The maximum Gasteiger partial charge on any atom is 0.325 e. The molecule has 0 aliphatic rings. The molecule has 0 fully saturated rings. The minimum atomic E-state index is -1.32. The number of nitro groups is 1. The molecule has 0 saturated heterocycles. The number of carbonyl (C=O) groups is 2. The molecule has 0 aromatic heterocycles. The molecule has 8 heteroatoms. The van der Waals surface area contributed by atoms with Crippen LogP contribution in [0.15, 0.2) is 24.3 Å². The predicted octanol–water partition coefficient (Wildman–Crippen LogP) is 0.785. The van der Waals surface area contributed by atoms with Crippen LogP contribution in [0.3, 0.4) is 0 Å². The van der Waals surface area contributed by atoms with Crippen molar-refractivity contribution in [3.8, 4) is 0 Å². The molecule has 1 atom stereocenters. The van der Waals surface area contributed by atoms with Gasteiger partial charge in [-0.15, -0.1) is 0 Å². The summed E-state index contributed by atoms with van der Waals surface area (Å²) in [7, 11) is 0. The van der Waals surface area contributed by atoms with Gasteiger partial charge in [-0.3, -0.25) is 25.0 Å². The second kappa shape index (κ2) is 6.45. The maximum absolute atomic E-state index is 11.1. The molecular formula is C11H12N2O6. The Bertz CT molecular complexity index is 502. The number of carboxylic acids is 2. The van der Waals surface area contributed by atoms with E-state index < -0.39 is 22.9 Å². The van der Waals surface area contributed by atoms with Crippen molar-refractivity contribution in [2.75, 3.05) is 6.54 Å². The second-order valence-electron chi connectivity index (χ2n) is 3.69. The van der Waals surface area contributed by atoms with E-state index in [0.29, 0.717) is 0 Å². The van der Waals surface area contributed by atoms with Crippen LogP contribution in [0.4, 0.5) is 5.69 Å². The lowest BCUT2D eigenvalue weighted by Gasteiger charge is -2.14. The van der Waals surface area contributed by atoms with Crippen molar-refractivity contribution in [2.24, 2.45) is 0 Å². The Morgan fingerprint density at radius 1 is 1.32 bits per heavy atom. The number of carboxylic acid groups (broad SMARTS) is 2. The van der Waals surface area contributed by atoms with Crippen LogP contribution in [0.5, 0.6) is 0 Å². The van der Waals surface area contributed by atoms with Gasteiger partial charge in [-0.05, 0) is 6.07 Å². The van der Waals surface area contributed by atoms with Gasteiger partial charge >= 0.3 is 11.9 Å². The van der Waals surface area contributed by atoms with Gasteiger partial charge in [-0.1, -0.05) is 12.1 Å². The van der Waals surface area contributed by atoms with E-state index in [1.807, 2.05) is 0 Å². The number of hydrogen-bond donors (Lipinski definition) is 3. The van der Waals surface area contributed by atoms with E-state index in [1.54, 1.807) is 0 Å². The minimum Gasteiger partial charge on any atom is -0.481 e. The molecular weight excluding hydrogens is 256 g/mol. The zero-order chi connectivity index (χ0) is 14.4. The molecule has 0 radical (unpaired) electrons. The van der Waals surface area contributed by atoms with E-state index in [0.717, 1.165) is 0 Å². The average Bonchev–Trinajstić information content (AvgIpc) is 2.34. The van der Waals surface area contributed by atoms with Gasteiger partial charge in [0.05, 0.1) is 16.9 Å². The SMILES string of the molecule is O=C(O)CCNC(C(=O)O)c1ccccc1[N+](=O)[O-]. The van der Waals surface area contributed by atoms with E-state index in [-0.39, 0.29) is 24.2 Å². The normalized spacial score (nSPS) is 11.8. The van der Waals surface area contributed by atoms with Crippen molar-refractivity contribution in [1.29, 1.82) is 0 Å². The first-order valence-corrected chi connectivity index (χ1v) is 5.34. The van der Waals surface area contributed by atoms with Crippen molar-refractivity contribution in [3.63, 3.8) is 0 Å². The molecule has 0 bridgehead atoms. The molecule has 0 saturated carbocycles. The number of nitrogens with one attached hydrogen (secondary N) is 1. The van der Waals surface area contributed by atoms with Crippen LogP contribution in [0.25, 0.3) is 0 Å². The van der Waals surface area contributed by atoms with Gasteiger partial charge in [0, 0.05) is 12.6 Å². The van der Waals surface area contributed by atoms with E-state index in [9.17, 15) is 19.7 Å². The summed E-state index contributed by atoms with van der Waals surface area (Å²) in [6, 6.07) is 4.12. The highest BCUT2D eigenvalue weighted by Gasteiger charge is 2.26. The standard InChI is InChI=1S/C11H12N2O6/c14-9(15)5-6-12-10(11(16)17)7-3-1-2-4-8(7)13(18)19/h1-4,10,12H,5-6H2,(H,14,15)(H,16,17). The number of nitro benzene ring substituents is 1. The van der Waals surface area contributed by atoms with Gasteiger partial charge in [0.2, 0.25) is 0 Å². The van der Waals surface area contributed by atoms with Crippen LogP contribution in [-0.2, 0) is 9.59 Å². The highest BCUT2D eigenvalue weighted by Crippen LogP contribution is 2.24. The van der Waals surface area contributed by atoms with Crippen LogP contribution < -0.4 is 5.32 Å². The Labute approximate surface area is 107 Å². The fourth-order valence-electron chi connectivity index (χ4n) is 1.55. The number of rotatable bonds is 7. The van der Waals surface area contributed by atoms with Gasteiger partial charge in [0.25, 0.3) is 5.69 Å². The van der Waals surface area contributed by atoms with Crippen LogP contribution in [0.2, 0.25) is 0 Å². The van der Waals surface area contributed by atoms with Crippen molar-refractivity contribution in [1.82, 2.24) is 5.32 Å². The molecule has 0 aliphatic heterocycles. The quantitative estimate of drug-likeness (QED) is 0.492. The van der Waals surface area contributed by atoms with Crippen molar-refractivity contribution >= 4 is 17.6 Å². The lowest BCUT2D eigenvalue weighted by atomic mass is 10.0. The molecule has 1 unspecified atom stereocenters. The number of aliphatic carboxylic acids is 2. The summed E-state index contributed by atoms with van der Waals surface area (Å²) in [6.45, 7) is -0.0989. The smallest absolute Gasteiger partial charge is 0.325 e. The lowest BCUT2D eigenvalue weighted by Crippen LogP contribution is -2.30. The van der Waals surface area contributed by atoms with Crippen LogP contribution in [0.1, 0.15) is 18.0 Å². The highest BCUT2D eigenvalue weighted by atomic mass is 16.6. The number of hydrogen-bond acceptors (Lipinski definition) is 5. The maximum atomic E-state index is 11.1. The molecule has 19 heavy (non-hydrogen) atoms. The van der Waals surface area contributed by atoms with E-state index in [4.69, 9.17) is 10.2 Å². The Morgan fingerprint density at radius 2 is 1.95 bits per heavy atom. The summed E-state index contributed by atoms with van der Waals surface area (Å²) < 4.78 is 0. The van der Waals surface area contributed by atoms with Gasteiger partial charge < -0.3 is 10.2 Å². The summed E-state index contributed by atoms with van der Waals surface area (Å²) >= 11 is 0. The molecule has 0 spiro atoms. The van der Waals surface area contributed by atoms with Crippen LogP contribution >= 0.6 is 0 Å². The number of para-hydroxylation sites is 1. The summed E-state index contributed by atoms with van der Waals surface area (Å²) in [5.74, 6) is -2.39. The van der Waals surface area contributed by atoms with E-state index in [2.05, 4.69) is 5.32 Å². The van der Waals surface area contributed by atoms with Gasteiger partial charge in [0.1, 0.15) is 6.04 Å². The number of benzene rings is 1. The summed E-state index contributed by atoms with van der Waals surface area (Å²) in [5, 5.41) is 30.8. The zero-order valence-corrected chi connectivity index (χ0v) is 9.78. The first-order chi connectivity index (χ1) is 8.93. The Balaban J connectivity index is 2.96. The van der Waals surface area contributed by atoms with E-state index in [1.165, 1.54) is 24.3 Å². The minimum absolute atomic E-state index is 0.00890.